The summed E-state index contributed by atoms with van der Waals surface area (Å²) in [4.78, 5) is 37.1. The molecule has 0 aliphatic heterocycles. The molecule has 1 amide bonds. The van der Waals surface area contributed by atoms with Crippen LogP contribution >= 0.6 is 0 Å². The first-order valence-electron chi connectivity index (χ1n) is 8.15. The predicted octanol–water partition coefficient (Wildman–Crippen LogP) is 2.54. The molecule has 7 nitrogen and oxygen atoms in total. The van der Waals surface area contributed by atoms with Crippen LogP contribution < -0.4 is 0 Å². The maximum atomic E-state index is 12.3. The van der Waals surface area contributed by atoms with E-state index in [-0.39, 0.29) is 31.5 Å². The van der Waals surface area contributed by atoms with Gasteiger partial charge in [-0.3, -0.25) is 9.69 Å². The Labute approximate surface area is 143 Å². The maximum Gasteiger partial charge on any atom is 0.410 e. The van der Waals surface area contributed by atoms with Gasteiger partial charge in [0.25, 0.3) is 0 Å². The Bertz CT molecular complexity index is 421. The average molecular weight is 343 g/mol. The van der Waals surface area contributed by atoms with Crippen molar-refractivity contribution < 1.29 is 28.6 Å². The van der Waals surface area contributed by atoms with Crippen molar-refractivity contribution in [1.29, 1.82) is 0 Å². The quantitative estimate of drug-likeness (QED) is 0.326. The van der Waals surface area contributed by atoms with Crippen LogP contribution in [0.25, 0.3) is 0 Å². The highest BCUT2D eigenvalue weighted by Crippen LogP contribution is 2.16. The van der Waals surface area contributed by atoms with Gasteiger partial charge in [0.2, 0.25) is 0 Å². The van der Waals surface area contributed by atoms with Crippen molar-refractivity contribution >= 4 is 18.0 Å². The summed E-state index contributed by atoms with van der Waals surface area (Å²) < 4.78 is 14.7. The second kappa shape index (κ2) is 12.4. The molecule has 0 radical (unpaired) electrons. The van der Waals surface area contributed by atoms with Gasteiger partial charge >= 0.3 is 18.0 Å². The van der Waals surface area contributed by atoms with Gasteiger partial charge in [0.1, 0.15) is 12.6 Å². The lowest BCUT2D eigenvalue weighted by atomic mass is 10.0. The number of esters is 2. The van der Waals surface area contributed by atoms with Gasteiger partial charge in [-0.1, -0.05) is 26.5 Å². The van der Waals surface area contributed by atoms with E-state index in [4.69, 9.17) is 14.2 Å². The summed E-state index contributed by atoms with van der Waals surface area (Å²) in [6, 6.07) is -0.755. The molecule has 0 aliphatic rings. The standard InChI is InChI=1S/C17H29NO6/c1-6-11-24-17(21)18(10-8-9-15(19)23-7-2)14(12-13(3)4)16(20)22-5/h6,13-14H,1,7-12H2,2-5H3/t14-/m0/s1. The number of ether oxygens (including phenoxy) is 3. The van der Waals surface area contributed by atoms with Crippen LogP contribution in [0.15, 0.2) is 12.7 Å². The summed E-state index contributed by atoms with van der Waals surface area (Å²) >= 11 is 0. The topological polar surface area (TPSA) is 82.1 Å². The Kier molecular flexibility index (Phi) is 11.3. The van der Waals surface area contributed by atoms with E-state index in [1.54, 1.807) is 6.92 Å². The van der Waals surface area contributed by atoms with E-state index < -0.39 is 18.1 Å². The van der Waals surface area contributed by atoms with Crippen molar-refractivity contribution in [3.63, 3.8) is 0 Å². The molecule has 0 rings (SSSR count). The van der Waals surface area contributed by atoms with Crippen molar-refractivity contribution in [3.05, 3.63) is 12.7 Å². The predicted molar refractivity (Wildman–Crippen MR) is 89.4 cm³/mol. The number of nitrogens with zero attached hydrogens (tertiary/aromatic N) is 1. The Hall–Kier alpha value is -2.05. The summed E-state index contributed by atoms with van der Waals surface area (Å²) in [6.07, 6.45) is 1.79. The van der Waals surface area contributed by atoms with Gasteiger partial charge in [0.05, 0.1) is 13.7 Å². The molecule has 0 bridgehead atoms. The Morgan fingerprint density at radius 3 is 2.38 bits per heavy atom. The third-order valence-corrected chi connectivity index (χ3v) is 3.19. The van der Waals surface area contributed by atoms with Crippen LogP contribution in [0, 0.1) is 5.92 Å². The largest absolute Gasteiger partial charge is 0.467 e. The first-order valence-corrected chi connectivity index (χ1v) is 8.15. The van der Waals surface area contributed by atoms with Crippen molar-refractivity contribution in [2.45, 2.75) is 46.1 Å². The fourth-order valence-electron chi connectivity index (χ4n) is 2.15. The van der Waals surface area contributed by atoms with Crippen LogP contribution in [0.5, 0.6) is 0 Å². The molecule has 1 atom stereocenters. The molecular formula is C17H29NO6. The second-order valence-corrected chi connectivity index (χ2v) is 5.64. The van der Waals surface area contributed by atoms with Gasteiger partial charge in [-0.2, -0.15) is 0 Å². The summed E-state index contributed by atoms with van der Waals surface area (Å²) in [7, 11) is 1.28. The molecule has 0 aromatic rings. The minimum absolute atomic E-state index is 0.0444. The second-order valence-electron chi connectivity index (χ2n) is 5.64. The zero-order chi connectivity index (χ0) is 18.5. The van der Waals surface area contributed by atoms with Gasteiger partial charge in [-0.15, -0.1) is 0 Å². The normalized spacial score (nSPS) is 11.5. The number of hydrogen-bond donors (Lipinski definition) is 0. The Morgan fingerprint density at radius 2 is 1.88 bits per heavy atom. The zero-order valence-corrected chi connectivity index (χ0v) is 15.1. The third-order valence-electron chi connectivity index (χ3n) is 3.19. The van der Waals surface area contributed by atoms with Gasteiger partial charge in [-0.25, -0.2) is 9.59 Å². The van der Waals surface area contributed by atoms with Crippen molar-refractivity contribution in [3.8, 4) is 0 Å². The van der Waals surface area contributed by atoms with Crippen molar-refractivity contribution in [1.82, 2.24) is 4.90 Å². The van der Waals surface area contributed by atoms with Gasteiger partial charge in [0.15, 0.2) is 0 Å². The maximum absolute atomic E-state index is 12.3. The molecule has 0 saturated heterocycles. The van der Waals surface area contributed by atoms with Crippen LogP contribution in [0.3, 0.4) is 0 Å². The molecular weight excluding hydrogens is 314 g/mol. The molecule has 0 heterocycles. The minimum atomic E-state index is -0.755. The number of hydrogen-bond acceptors (Lipinski definition) is 6. The summed E-state index contributed by atoms with van der Waals surface area (Å²) in [5.41, 5.74) is 0. The molecule has 138 valence electrons. The molecule has 0 aromatic carbocycles. The van der Waals surface area contributed by atoms with E-state index in [1.807, 2.05) is 13.8 Å². The summed E-state index contributed by atoms with van der Waals surface area (Å²) in [5, 5.41) is 0. The number of carbonyl (C=O) groups is 3. The van der Waals surface area contributed by atoms with Crippen LogP contribution in [0.1, 0.15) is 40.0 Å². The molecule has 0 saturated carbocycles. The van der Waals surface area contributed by atoms with Crippen LogP contribution in [-0.2, 0) is 23.8 Å². The summed E-state index contributed by atoms with van der Waals surface area (Å²) in [5.74, 6) is -0.667. The lowest BCUT2D eigenvalue weighted by molar-refractivity contribution is -0.147. The van der Waals surface area contributed by atoms with Crippen molar-refractivity contribution in [2.75, 3.05) is 26.9 Å². The zero-order valence-electron chi connectivity index (χ0n) is 15.1. The smallest absolute Gasteiger partial charge is 0.410 e. The number of rotatable bonds is 11. The molecule has 7 heteroatoms. The number of carbonyl (C=O) groups excluding carboxylic acids is 3. The van der Waals surface area contributed by atoms with E-state index in [0.29, 0.717) is 19.4 Å². The number of amides is 1. The summed E-state index contributed by atoms with van der Waals surface area (Å²) in [6.45, 7) is 9.66. The van der Waals surface area contributed by atoms with Gasteiger partial charge < -0.3 is 14.2 Å². The minimum Gasteiger partial charge on any atom is -0.467 e. The SMILES string of the molecule is C=CCOC(=O)N(CCCC(=O)OCC)[C@@H](CC(C)C)C(=O)OC. The van der Waals surface area contributed by atoms with Crippen LogP contribution in [0.4, 0.5) is 4.79 Å². The molecule has 0 aromatic heterocycles. The molecule has 0 unspecified atom stereocenters. The average Bonchev–Trinajstić information content (AvgIpc) is 2.54. The van der Waals surface area contributed by atoms with E-state index in [2.05, 4.69) is 6.58 Å². The highest BCUT2D eigenvalue weighted by molar-refractivity contribution is 5.81. The lowest BCUT2D eigenvalue weighted by Gasteiger charge is -2.30. The van der Waals surface area contributed by atoms with Crippen LogP contribution in [0.2, 0.25) is 0 Å². The molecule has 0 aliphatic carbocycles. The highest BCUT2D eigenvalue weighted by atomic mass is 16.6. The molecule has 0 spiro atoms. The van der Waals surface area contributed by atoms with E-state index in [1.165, 1.54) is 18.1 Å². The van der Waals surface area contributed by atoms with Crippen molar-refractivity contribution in [2.24, 2.45) is 5.92 Å². The van der Waals surface area contributed by atoms with E-state index in [0.717, 1.165) is 0 Å². The molecule has 0 fully saturated rings. The molecule has 24 heavy (non-hydrogen) atoms. The van der Waals surface area contributed by atoms with E-state index >= 15 is 0 Å². The Balaban J connectivity index is 5.04. The first-order chi connectivity index (χ1) is 11.4. The highest BCUT2D eigenvalue weighted by Gasteiger charge is 2.32. The lowest BCUT2D eigenvalue weighted by Crippen LogP contribution is -2.47. The fourth-order valence-corrected chi connectivity index (χ4v) is 2.15. The third kappa shape index (κ3) is 8.55. The Morgan fingerprint density at radius 1 is 1.21 bits per heavy atom. The van der Waals surface area contributed by atoms with Crippen LogP contribution in [-0.4, -0.2) is 55.8 Å². The number of methoxy groups -OCH3 is 1. The van der Waals surface area contributed by atoms with E-state index in [9.17, 15) is 14.4 Å². The fraction of sp³-hybridized carbons (Fsp3) is 0.706. The van der Waals surface area contributed by atoms with Gasteiger partial charge in [0, 0.05) is 13.0 Å². The molecule has 0 N–H and O–H groups in total. The monoisotopic (exact) mass is 343 g/mol. The first kappa shape index (κ1) is 21.9. The van der Waals surface area contributed by atoms with Gasteiger partial charge in [-0.05, 0) is 25.7 Å².